The lowest BCUT2D eigenvalue weighted by Gasteiger charge is -2.15. The first kappa shape index (κ1) is 16.2. The molecule has 0 amide bonds. The van der Waals surface area contributed by atoms with Gasteiger partial charge in [-0.2, -0.15) is 0 Å². The number of rotatable bonds is 8. The van der Waals surface area contributed by atoms with Crippen molar-refractivity contribution in [1.82, 2.24) is 5.32 Å². The second-order valence-corrected chi connectivity index (χ2v) is 4.40. The average Bonchev–Trinajstić information content (AvgIpc) is 2.44. The highest BCUT2D eigenvalue weighted by Gasteiger charge is 2.18. The SMILES string of the molecule is CCOC(=O)CC(NCc1ccc(OC)cc1)C(C)=O. The summed E-state index contributed by atoms with van der Waals surface area (Å²) in [5.41, 5.74) is 1.01. The summed E-state index contributed by atoms with van der Waals surface area (Å²) in [5.74, 6) is 0.338. The van der Waals surface area contributed by atoms with Crippen molar-refractivity contribution in [3.05, 3.63) is 29.8 Å². The molecular formula is C15H21NO4. The van der Waals surface area contributed by atoms with E-state index < -0.39 is 6.04 Å². The number of carbonyl (C=O) groups excluding carboxylic acids is 2. The Kier molecular flexibility index (Phi) is 6.73. The molecule has 0 spiro atoms. The van der Waals surface area contributed by atoms with Crippen molar-refractivity contribution >= 4 is 11.8 Å². The van der Waals surface area contributed by atoms with Gasteiger partial charge < -0.3 is 14.8 Å². The summed E-state index contributed by atoms with van der Waals surface area (Å²) in [7, 11) is 1.61. The molecule has 1 aromatic rings. The van der Waals surface area contributed by atoms with Crippen molar-refractivity contribution in [3.63, 3.8) is 0 Å². The molecule has 20 heavy (non-hydrogen) atoms. The summed E-state index contributed by atoms with van der Waals surface area (Å²) >= 11 is 0. The zero-order valence-electron chi connectivity index (χ0n) is 12.1. The normalized spacial score (nSPS) is 11.8. The quantitative estimate of drug-likeness (QED) is 0.734. The van der Waals surface area contributed by atoms with E-state index in [9.17, 15) is 9.59 Å². The Hall–Kier alpha value is -1.88. The summed E-state index contributed by atoms with van der Waals surface area (Å²) in [6.07, 6.45) is 0.0549. The van der Waals surface area contributed by atoms with Crippen molar-refractivity contribution < 1.29 is 19.1 Å². The maximum absolute atomic E-state index is 11.5. The van der Waals surface area contributed by atoms with Crippen LogP contribution >= 0.6 is 0 Å². The number of nitrogens with one attached hydrogen (secondary N) is 1. The van der Waals surface area contributed by atoms with Crippen LogP contribution in [-0.2, 0) is 20.9 Å². The van der Waals surface area contributed by atoms with Crippen LogP contribution in [0.3, 0.4) is 0 Å². The number of benzene rings is 1. The van der Waals surface area contributed by atoms with E-state index in [1.54, 1.807) is 14.0 Å². The molecule has 110 valence electrons. The molecule has 0 aliphatic rings. The lowest BCUT2D eigenvalue weighted by Crippen LogP contribution is -2.37. The zero-order chi connectivity index (χ0) is 15.0. The molecule has 0 heterocycles. The van der Waals surface area contributed by atoms with E-state index in [4.69, 9.17) is 9.47 Å². The molecule has 0 aromatic heterocycles. The van der Waals surface area contributed by atoms with E-state index in [1.165, 1.54) is 6.92 Å². The third kappa shape index (κ3) is 5.40. The summed E-state index contributed by atoms with van der Waals surface area (Å²) in [4.78, 5) is 22.9. The molecule has 0 bridgehead atoms. The summed E-state index contributed by atoms with van der Waals surface area (Å²) in [6, 6.07) is 7.01. The first-order valence-electron chi connectivity index (χ1n) is 6.59. The maximum atomic E-state index is 11.5. The minimum absolute atomic E-state index is 0.0549. The van der Waals surface area contributed by atoms with Crippen LogP contribution in [0.25, 0.3) is 0 Å². The van der Waals surface area contributed by atoms with Gasteiger partial charge in [0.25, 0.3) is 0 Å². The number of ketones is 1. The largest absolute Gasteiger partial charge is 0.497 e. The lowest BCUT2D eigenvalue weighted by atomic mass is 10.1. The Bertz CT molecular complexity index is 442. The molecule has 1 atom stereocenters. The highest BCUT2D eigenvalue weighted by atomic mass is 16.5. The first-order chi connectivity index (χ1) is 9.56. The van der Waals surface area contributed by atoms with Crippen molar-refractivity contribution in [2.75, 3.05) is 13.7 Å². The van der Waals surface area contributed by atoms with Crippen LogP contribution in [0.4, 0.5) is 0 Å². The van der Waals surface area contributed by atoms with Gasteiger partial charge in [0.15, 0.2) is 0 Å². The van der Waals surface area contributed by atoms with Gasteiger partial charge in [0, 0.05) is 6.54 Å². The number of hydrogen-bond donors (Lipinski definition) is 1. The van der Waals surface area contributed by atoms with Gasteiger partial charge in [-0.05, 0) is 31.5 Å². The standard InChI is InChI=1S/C15H21NO4/c1-4-20-15(18)9-14(11(2)17)16-10-12-5-7-13(19-3)8-6-12/h5-8,14,16H,4,9-10H2,1-3H3. The van der Waals surface area contributed by atoms with Crippen LogP contribution in [-0.4, -0.2) is 31.5 Å². The summed E-state index contributed by atoms with van der Waals surface area (Å²) < 4.78 is 9.93. The van der Waals surface area contributed by atoms with Gasteiger partial charge in [-0.25, -0.2) is 0 Å². The smallest absolute Gasteiger partial charge is 0.307 e. The van der Waals surface area contributed by atoms with Gasteiger partial charge in [0.05, 0.1) is 26.2 Å². The molecular weight excluding hydrogens is 258 g/mol. The molecule has 0 radical (unpaired) electrons. The Balaban J connectivity index is 2.53. The topological polar surface area (TPSA) is 64.6 Å². The number of Topliss-reactive ketones (excluding diaryl/α,β-unsaturated/α-hetero) is 1. The van der Waals surface area contributed by atoms with E-state index in [-0.39, 0.29) is 18.2 Å². The van der Waals surface area contributed by atoms with Gasteiger partial charge >= 0.3 is 5.97 Å². The maximum Gasteiger partial charge on any atom is 0.307 e. The third-order valence-corrected chi connectivity index (χ3v) is 2.88. The fraction of sp³-hybridized carbons (Fsp3) is 0.467. The summed E-state index contributed by atoms with van der Waals surface area (Å²) in [6.45, 7) is 4.03. The van der Waals surface area contributed by atoms with Crippen LogP contribution in [0.2, 0.25) is 0 Å². The highest BCUT2D eigenvalue weighted by molar-refractivity contribution is 5.86. The number of carbonyl (C=O) groups is 2. The Morgan fingerprint density at radius 1 is 1.25 bits per heavy atom. The molecule has 5 heteroatoms. The van der Waals surface area contributed by atoms with E-state index in [1.807, 2.05) is 24.3 Å². The van der Waals surface area contributed by atoms with Gasteiger partial charge in [-0.1, -0.05) is 12.1 Å². The fourth-order valence-electron chi connectivity index (χ4n) is 1.73. The number of esters is 1. The zero-order valence-corrected chi connectivity index (χ0v) is 12.1. The molecule has 1 unspecified atom stereocenters. The van der Waals surface area contributed by atoms with Gasteiger partial charge in [-0.15, -0.1) is 0 Å². The van der Waals surface area contributed by atoms with E-state index >= 15 is 0 Å². The summed E-state index contributed by atoms with van der Waals surface area (Å²) in [5, 5.41) is 3.07. The van der Waals surface area contributed by atoms with E-state index in [0.29, 0.717) is 13.2 Å². The molecule has 5 nitrogen and oxygen atoms in total. The van der Waals surface area contributed by atoms with Crippen molar-refractivity contribution in [2.45, 2.75) is 32.9 Å². The van der Waals surface area contributed by atoms with Crippen LogP contribution in [0.1, 0.15) is 25.8 Å². The van der Waals surface area contributed by atoms with Crippen LogP contribution in [0.15, 0.2) is 24.3 Å². The molecule has 1 rings (SSSR count). The second kappa shape index (κ2) is 8.32. The molecule has 0 saturated carbocycles. The number of methoxy groups -OCH3 is 1. The number of ether oxygens (including phenoxy) is 2. The first-order valence-corrected chi connectivity index (χ1v) is 6.59. The second-order valence-electron chi connectivity index (χ2n) is 4.40. The average molecular weight is 279 g/mol. The number of hydrogen-bond acceptors (Lipinski definition) is 5. The van der Waals surface area contributed by atoms with Gasteiger partial charge in [0.2, 0.25) is 0 Å². The fourth-order valence-corrected chi connectivity index (χ4v) is 1.73. The van der Waals surface area contributed by atoms with Crippen molar-refractivity contribution in [2.24, 2.45) is 0 Å². The molecule has 0 aliphatic heterocycles. The van der Waals surface area contributed by atoms with Crippen molar-refractivity contribution in [1.29, 1.82) is 0 Å². The van der Waals surface area contributed by atoms with Crippen LogP contribution in [0.5, 0.6) is 5.75 Å². The van der Waals surface area contributed by atoms with Gasteiger partial charge in [0.1, 0.15) is 11.5 Å². The predicted octanol–water partition coefficient (Wildman–Crippen LogP) is 1.70. The molecule has 0 saturated heterocycles. The van der Waals surface area contributed by atoms with E-state index in [2.05, 4.69) is 5.32 Å². The highest BCUT2D eigenvalue weighted by Crippen LogP contribution is 2.11. The molecule has 1 N–H and O–H groups in total. The molecule has 0 aliphatic carbocycles. The Labute approximate surface area is 119 Å². The Morgan fingerprint density at radius 2 is 1.90 bits per heavy atom. The monoisotopic (exact) mass is 279 g/mol. The predicted molar refractivity (Wildman–Crippen MR) is 75.6 cm³/mol. The third-order valence-electron chi connectivity index (χ3n) is 2.88. The van der Waals surface area contributed by atoms with Crippen LogP contribution < -0.4 is 10.1 Å². The minimum Gasteiger partial charge on any atom is -0.497 e. The van der Waals surface area contributed by atoms with Crippen LogP contribution in [0, 0.1) is 0 Å². The lowest BCUT2D eigenvalue weighted by molar-refractivity contribution is -0.145. The molecule has 1 aromatic carbocycles. The molecule has 0 fully saturated rings. The van der Waals surface area contributed by atoms with Gasteiger partial charge in [-0.3, -0.25) is 9.59 Å². The Morgan fingerprint density at radius 3 is 2.40 bits per heavy atom. The van der Waals surface area contributed by atoms with Crippen molar-refractivity contribution in [3.8, 4) is 5.75 Å². The van der Waals surface area contributed by atoms with E-state index in [0.717, 1.165) is 11.3 Å². The minimum atomic E-state index is -0.517.